The van der Waals surface area contributed by atoms with Gasteiger partial charge in [-0.15, -0.1) is 11.8 Å². The van der Waals surface area contributed by atoms with Gasteiger partial charge in [-0.05, 0) is 40.2 Å². The second kappa shape index (κ2) is 4.22. The first-order valence-electron chi connectivity index (χ1n) is 6.11. The van der Waals surface area contributed by atoms with E-state index >= 15 is 0 Å². The number of amides is 1. The Kier molecular flexibility index (Phi) is 3.23. The van der Waals surface area contributed by atoms with Crippen LogP contribution in [0.25, 0.3) is 0 Å². The van der Waals surface area contributed by atoms with E-state index in [9.17, 15) is 4.79 Å². The molecule has 0 aliphatic carbocycles. The Morgan fingerprint density at radius 2 is 2.19 bits per heavy atom. The summed E-state index contributed by atoms with van der Waals surface area (Å²) in [5.74, 6) is 1.21. The van der Waals surface area contributed by atoms with Crippen molar-refractivity contribution in [3.05, 3.63) is 0 Å². The van der Waals surface area contributed by atoms with Gasteiger partial charge in [0.25, 0.3) is 0 Å². The van der Waals surface area contributed by atoms with Gasteiger partial charge in [0, 0.05) is 24.3 Å². The number of thioether (sulfide) groups is 1. The van der Waals surface area contributed by atoms with Crippen molar-refractivity contribution >= 4 is 17.7 Å². The molecule has 92 valence electrons. The molecule has 1 spiro atoms. The summed E-state index contributed by atoms with van der Waals surface area (Å²) in [5.41, 5.74) is 0.205. The number of rotatable bonds is 0. The summed E-state index contributed by atoms with van der Waals surface area (Å²) in [7, 11) is 0. The average Bonchev–Trinajstić information content (AvgIpc) is 2.16. The number of hydrogen-bond acceptors (Lipinski definition) is 3. The van der Waals surface area contributed by atoms with Gasteiger partial charge in [0.2, 0.25) is 5.91 Å². The maximum absolute atomic E-state index is 11.5. The van der Waals surface area contributed by atoms with Crippen LogP contribution in [-0.4, -0.2) is 40.1 Å². The van der Waals surface area contributed by atoms with Crippen LogP contribution in [0, 0.1) is 0 Å². The van der Waals surface area contributed by atoms with Crippen molar-refractivity contribution in [2.24, 2.45) is 0 Å². The lowest BCUT2D eigenvalue weighted by atomic mass is 9.97. The van der Waals surface area contributed by atoms with Crippen LogP contribution < -0.4 is 5.32 Å². The van der Waals surface area contributed by atoms with E-state index in [1.165, 1.54) is 6.42 Å². The largest absolute Gasteiger partial charge is 0.340 e. The van der Waals surface area contributed by atoms with Crippen LogP contribution in [-0.2, 0) is 4.79 Å². The lowest BCUT2D eigenvalue weighted by Crippen LogP contribution is -2.61. The minimum atomic E-state index is 0.000856. The Hall–Kier alpha value is -0.220. The Balaban J connectivity index is 2.08. The summed E-state index contributed by atoms with van der Waals surface area (Å²) < 4.78 is 0. The van der Waals surface area contributed by atoms with Crippen LogP contribution in [0.2, 0.25) is 0 Å². The molecule has 0 aromatic rings. The van der Waals surface area contributed by atoms with Gasteiger partial charge in [-0.1, -0.05) is 0 Å². The van der Waals surface area contributed by atoms with Gasteiger partial charge < -0.3 is 5.32 Å². The molecule has 16 heavy (non-hydrogen) atoms. The lowest BCUT2D eigenvalue weighted by Gasteiger charge is -2.49. The molecule has 1 amide bonds. The van der Waals surface area contributed by atoms with Crippen molar-refractivity contribution in [3.63, 3.8) is 0 Å². The van der Waals surface area contributed by atoms with Crippen LogP contribution in [0.1, 0.15) is 40.0 Å². The van der Waals surface area contributed by atoms with Crippen molar-refractivity contribution < 1.29 is 4.79 Å². The summed E-state index contributed by atoms with van der Waals surface area (Å²) in [4.78, 5) is 14.0. The zero-order chi connectivity index (χ0) is 11.8. The fraction of sp³-hybridized carbons (Fsp3) is 0.917. The number of piperidine rings is 1. The molecule has 3 nitrogen and oxygen atoms in total. The summed E-state index contributed by atoms with van der Waals surface area (Å²) in [5, 5.41) is 3.22. The van der Waals surface area contributed by atoms with Crippen molar-refractivity contribution in [2.75, 3.05) is 18.8 Å². The molecule has 2 rings (SSSR count). The molecule has 1 unspecified atom stereocenters. The Morgan fingerprint density at radius 3 is 2.81 bits per heavy atom. The predicted octanol–water partition coefficient (Wildman–Crippen LogP) is 1.83. The highest BCUT2D eigenvalue weighted by molar-refractivity contribution is 8.00. The third-order valence-corrected chi connectivity index (χ3v) is 4.87. The molecular formula is C12H22N2OS. The normalized spacial score (nSPS) is 32.8. The Morgan fingerprint density at radius 1 is 1.44 bits per heavy atom. The molecule has 1 N–H and O–H groups in total. The molecule has 0 aromatic heterocycles. The average molecular weight is 242 g/mol. The number of nitrogens with zero attached hydrogens (tertiary/aromatic N) is 1. The predicted molar refractivity (Wildman–Crippen MR) is 68.5 cm³/mol. The molecule has 2 fully saturated rings. The van der Waals surface area contributed by atoms with E-state index in [0.717, 1.165) is 25.3 Å². The standard InChI is InChI=1S/C12H22N2OS/c1-11(2,3)14-7-4-6-12(9-14)13-10(15)5-8-16-12/h4-9H2,1-3H3,(H,13,15). The molecule has 0 aromatic carbocycles. The fourth-order valence-electron chi connectivity index (χ4n) is 2.51. The molecule has 4 heteroatoms. The quantitative estimate of drug-likeness (QED) is 0.703. The highest BCUT2D eigenvalue weighted by Gasteiger charge is 2.41. The van der Waals surface area contributed by atoms with Crippen LogP contribution >= 0.6 is 11.8 Å². The van der Waals surface area contributed by atoms with Crippen LogP contribution in [0.15, 0.2) is 0 Å². The number of hydrogen-bond donors (Lipinski definition) is 1. The topological polar surface area (TPSA) is 32.3 Å². The van der Waals surface area contributed by atoms with E-state index in [4.69, 9.17) is 0 Å². The summed E-state index contributed by atoms with van der Waals surface area (Å²) in [6, 6.07) is 0. The van der Waals surface area contributed by atoms with Gasteiger partial charge in [-0.3, -0.25) is 9.69 Å². The number of nitrogens with one attached hydrogen (secondary N) is 1. The maximum atomic E-state index is 11.5. The van der Waals surface area contributed by atoms with Crippen LogP contribution in [0.4, 0.5) is 0 Å². The molecule has 2 aliphatic rings. The smallest absolute Gasteiger partial charge is 0.221 e. The van der Waals surface area contributed by atoms with Crippen molar-refractivity contribution in [2.45, 2.75) is 50.4 Å². The van der Waals surface area contributed by atoms with Gasteiger partial charge in [0.1, 0.15) is 0 Å². The van der Waals surface area contributed by atoms with Crippen LogP contribution in [0.3, 0.4) is 0 Å². The monoisotopic (exact) mass is 242 g/mol. The zero-order valence-electron chi connectivity index (χ0n) is 10.5. The fourth-order valence-corrected chi connectivity index (χ4v) is 3.91. The molecule has 0 bridgehead atoms. The first kappa shape index (κ1) is 12.2. The maximum Gasteiger partial charge on any atom is 0.221 e. The number of carbonyl (C=O) groups excluding carboxylic acids is 1. The first-order chi connectivity index (χ1) is 7.41. The molecule has 1 atom stereocenters. The minimum Gasteiger partial charge on any atom is -0.340 e. The van der Waals surface area contributed by atoms with Crippen molar-refractivity contribution in [1.29, 1.82) is 0 Å². The van der Waals surface area contributed by atoms with Gasteiger partial charge in [0.05, 0.1) is 4.87 Å². The minimum absolute atomic E-state index is 0.000856. The van der Waals surface area contributed by atoms with Gasteiger partial charge in [-0.25, -0.2) is 0 Å². The molecular weight excluding hydrogens is 220 g/mol. The summed E-state index contributed by atoms with van der Waals surface area (Å²) in [6.07, 6.45) is 2.99. The van der Waals surface area contributed by atoms with E-state index in [1.54, 1.807) is 0 Å². The first-order valence-corrected chi connectivity index (χ1v) is 7.10. The molecule has 0 saturated carbocycles. The molecule has 2 heterocycles. The SMILES string of the molecule is CC(C)(C)N1CCCC2(C1)NC(=O)CCS2. The second-order valence-corrected chi connectivity index (χ2v) is 7.32. The zero-order valence-corrected chi connectivity index (χ0v) is 11.3. The molecule has 2 aliphatic heterocycles. The van der Waals surface area contributed by atoms with E-state index < -0.39 is 0 Å². The highest BCUT2D eigenvalue weighted by atomic mass is 32.2. The van der Waals surface area contributed by atoms with E-state index in [0.29, 0.717) is 6.42 Å². The number of carbonyl (C=O) groups is 1. The van der Waals surface area contributed by atoms with Crippen LogP contribution in [0.5, 0.6) is 0 Å². The molecule has 2 saturated heterocycles. The summed E-state index contributed by atoms with van der Waals surface area (Å²) in [6.45, 7) is 8.90. The highest BCUT2D eigenvalue weighted by Crippen LogP contribution is 2.37. The van der Waals surface area contributed by atoms with Crippen molar-refractivity contribution in [3.8, 4) is 0 Å². The van der Waals surface area contributed by atoms with E-state index in [2.05, 4.69) is 31.0 Å². The van der Waals surface area contributed by atoms with Gasteiger partial charge in [0.15, 0.2) is 0 Å². The van der Waals surface area contributed by atoms with Gasteiger partial charge in [-0.2, -0.15) is 0 Å². The van der Waals surface area contributed by atoms with E-state index in [-0.39, 0.29) is 16.3 Å². The Bertz CT molecular complexity index is 283. The van der Waals surface area contributed by atoms with Crippen molar-refractivity contribution in [1.82, 2.24) is 10.2 Å². The lowest BCUT2D eigenvalue weighted by molar-refractivity contribution is -0.122. The second-order valence-electron chi connectivity index (χ2n) is 5.84. The van der Waals surface area contributed by atoms with Gasteiger partial charge >= 0.3 is 0 Å². The number of likely N-dealkylation sites (tertiary alicyclic amines) is 1. The van der Waals surface area contributed by atoms with E-state index in [1.807, 2.05) is 11.8 Å². The third kappa shape index (κ3) is 2.54. The third-order valence-electron chi connectivity index (χ3n) is 3.48. The Labute approximate surface area is 102 Å². The molecule has 0 radical (unpaired) electrons. The summed E-state index contributed by atoms with van der Waals surface area (Å²) >= 11 is 1.94.